The van der Waals surface area contributed by atoms with Gasteiger partial charge in [-0.15, -0.1) is 14.9 Å². The predicted octanol–water partition coefficient (Wildman–Crippen LogP) is 2.07. The second-order valence-electron chi connectivity index (χ2n) is 6.45. The van der Waals surface area contributed by atoms with Crippen molar-refractivity contribution in [2.75, 3.05) is 11.8 Å². The molecule has 0 unspecified atom stereocenters. The fourth-order valence-corrected chi connectivity index (χ4v) is 4.42. The first kappa shape index (κ1) is 21.2. The molecule has 0 spiro atoms. The molecular formula is C19H15N7O4S2. The summed E-state index contributed by atoms with van der Waals surface area (Å²) in [4.78, 5) is 16.9. The number of hydrogen-bond acceptors (Lipinski definition) is 9. The SMILES string of the molecule is COc1ccc(/C=C/S(=O)(=O)Nc2cnc3c(-c4nnc(C)s4)c(=O)n(C#N)n3c2)cc1. The van der Waals surface area contributed by atoms with Crippen LogP contribution >= 0.6 is 11.3 Å². The number of fused-ring (bicyclic) bond motifs is 1. The van der Waals surface area contributed by atoms with Gasteiger partial charge in [0.1, 0.15) is 16.3 Å². The molecule has 0 bridgehead atoms. The van der Waals surface area contributed by atoms with Gasteiger partial charge in [0.2, 0.25) is 6.19 Å². The number of aryl methyl sites for hydroxylation is 1. The highest BCUT2D eigenvalue weighted by molar-refractivity contribution is 7.95. The molecule has 1 N–H and O–H groups in total. The number of nitrogens with one attached hydrogen (secondary N) is 1. The number of methoxy groups -OCH3 is 1. The van der Waals surface area contributed by atoms with Crippen LogP contribution in [0.5, 0.6) is 5.75 Å². The monoisotopic (exact) mass is 469 g/mol. The second-order valence-corrected chi connectivity index (χ2v) is 9.20. The highest BCUT2D eigenvalue weighted by atomic mass is 32.2. The van der Waals surface area contributed by atoms with Crippen LogP contribution in [0.3, 0.4) is 0 Å². The molecule has 1 aromatic carbocycles. The van der Waals surface area contributed by atoms with E-state index in [1.165, 1.54) is 34.3 Å². The van der Waals surface area contributed by atoms with Gasteiger partial charge in [-0.25, -0.2) is 17.9 Å². The first-order valence-electron chi connectivity index (χ1n) is 9.00. The van der Waals surface area contributed by atoms with Crippen molar-refractivity contribution in [2.45, 2.75) is 6.92 Å². The van der Waals surface area contributed by atoms with Crippen molar-refractivity contribution in [2.24, 2.45) is 0 Å². The van der Waals surface area contributed by atoms with E-state index in [9.17, 15) is 18.5 Å². The van der Waals surface area contributed by atoms with Crippen molar-refractivity contribution in [1.29, 1.82) is 5.26 Å². The van der Waals surface area contributed by atoms with E-state index < -0.39 is 15.6 Å². The number of ether oxygens (including phenoxy) is 1. The maximum Gasteiger partial charge on any atom is 0.293 e. The zero-order valence-corrected chi connectivity index (χ0v) is 18.4. The van der Waals surface area contributed by atoms with Crippen LogP contribution in [0, 0.1) is 18.4 Å². The van der Waals surface area contributed by atoms with E-state index in [2.05, 4.69) is 19.9 Å². The van der Waals surface area contributed by atoms with Gasteiger partial charge in [-0.3, -0.25) is 9.52 Å². The van der Waals surface area contributed by atoms with E-state index in [1.807, 2.05) is 0 Å². The van der Waals surface area contributed by atoms with E-state index in [0.717, 1.165) is 10.1 Å². The van der Waals surface area contributed by atoms with Crippen LogP contribution in [-0.2, 0) is 10.0 Å². The average molecular weight is 470 g/mol. The zero-order valence-electron chi connectivity index (χ0n) is 16.8. The number of nitrogens with zero attached hydrogens (tertiary/aromatic N) is 6. The Kier molecular flexibility index (Phi) is 5.47. The molecule has 0 aliphatic rings. The van der Waals surface area contributed by atoms with Crippen molar-refractivity contribution in [3.8, 4) is 22.5 Å². The van der Waals surface area contributed by atoms with E-state index in [1.54, 1.807) is 44.5 Å². The molecule has 11 nitrogen and oxygen atoms in total. The van der Waals surface area contributed by atoms with Gasteiger partial charge in [0, 0.05) is 0 Å². The van der Waals surface area contributed by atoms with Gasteiger partial charge in [0.15, 0.2) is 10.7 Å². The molecule has 0 radical (unpaired) electrons. The van der Waals surface area contributed by atoms with Crippen LogP contribution in [0.2, 0.25) is 0 Å². The molecule has 0 aliphatic heterocycles. The Morgan fingerprint density at radius 2 is 2.00 bits per heavy atom. The van der Waals surface area contributed by atoms with Gasteiger partial charge in [-0.2, -0.15) is 5.26 Å². The van der Waals surface area contributed by atoms with Crippen molar-refractivity contribution in [3.63, 3.8) is 0 Å². The molecule has 4 rings (SSSR count). The van der Waals surface area contributed by atoms with E-state index in [0.29, 0.717) is 21.3 Å². The molecule has 0 amide bonds. The highest BCUT2D eigenvalue weighted by Gasteiger charge is 2.21. The van der Waals surface area contributed by atoms with Crippen LogP contribution in [0.15, 0.2) is 46.9 Å². The van der Waals surface area contributed by atoms with Gasteiger partial charge >= 0.3 is 0 Å². The van der Waals surface area contributed by atoms with Crippen LogP contribution in [0.25, 0.3) is 22.3 Å². The molecule has 0 fully saturated rings. The van der Waals surface area contributed by atoms with Gasteiger partial charge in [0.25, 0.3) is 15.6 Å². The van der Waals surface area contributed by atoms with Crippen molar-refractivity contribution < 1.29 is 13.2 Å². The van der Waals surface area contributed by atoms with E-state index >= 15 is 0 Å². The number of hydrogen-bond donors (Lipinski definition) is 1. The third kappa shape index (κ3) is 4.09. The number of nitriles is 1. The molecule has 13 heteroatoms. The zero-order chi connectivity index (χ0) is 22.9. The Morgan fingerprint density at radius 3 is 2.62 bits per heavy atom. The lowest BCUT2D eigenvalue weighted by Crippen LogP contribution is -2.16. The van der Waals surface area contributed by atoms with Gasteiger partial charge in [0.05, 0.1) is 30.6 Å². The Labute approximate surface area is 185 Å². The molecule has 3 heterocycles. The fourth-order valence-electron chi connectivity index (χ4n) is 2.86. The predicted molar refractivity (Wildman–Crippen MR) is 119 cm³/mol. The minimum absolute atomic E-state index is 0.0656. The average Bonchev–Trinajstić information content (AvgIpc) is 3.31. The summed E-state index contributed by atoms with van der Waals surface area (Å²) in [5, 5.41) is 19.2. The maximum atomic E-state index is 12.7. The summed E-state index contributed by atoms with van der Waals surface area (Å²) in [6.07, 6.45) is 5.74. The Balaban J connectivity index is 1.67. The van der Waals surface area contributed by atoms with Gasteiger partial charge in [-0.1, -0.05) is 23.5 Å². The molecule has 3 aromatic heterocycles. The smallest absolute Gasteiger partial charge is 0.293 e. The second kappa shape index (κ2) is 8.25. The van der Waals surface area contributed by atoms with E-state index in [-0.39, 0.29) is 16.9 Å². The maximum absolute atomic E-state index is 12.7. The third-order valence-corrected chi connectivity index (χ3v) is 6.17. The summed E-state index contributed by atoms with van der Waals surface area (Å²) in [5.41, 5.74) is 0.368. The minimum atomic E-state index is -3.89. The van der Waals surface area contributed by atoms with Crippen LogP contribution < -0.4 is 15.0 Å². The molecule has 0 aliphatic carbocycles. The van der Waals surface area contributed by atoms with Crippen molar-refractivity contribution in [1.82, 2.24) is 24.4 Å². The van der Waals surface area contributed by atoms with Crippen LogP contribution in [0.1, 0.15) is 10.6 Å². The number of sulfonamides is 1. The van der Waals surface area contributed by atoms with Crippen molar-refractivity contribution >= 4 is 38.8 Å². The van der Waals surface area contributed by atoms with Crippen molar-refractivity contribution in [3.05, 3.63) is 63.0 Å². The first-order chi connectivity index (χ1) is 15.3. The fraction of sp³-hybridized carbons (Fsp3) is 0.105. The Bertz CT molecular complexity index is 1540. The Hall–Kier alpha value is -4.02. The first-order valence-corrected chi connectivity index (χ1v) is 11.4. The summed E-state index contributed by atoms with van der Waals surface area (Å²) in [6, 6.07) is 6.84. The molecule has 32 heavy (non-hydrogen) atoms. The Morgan fingerprint density at radius 1 is 1.25 bits per heavy atom. The summed E-state index contributed by atoms with van der Waals surface area (Å²) in [7, 11) is -2.35. The normalized spacial score (nSPS) is 11.7. The molecule has 0 saturated heterocycles. The van der Waals surface area contributed by atoms with Crippen LogP contribution in [0.4, 0.5) is 5.69 Å². The number of aromatic nitrogens is 5. The topological polar surface area (TPSA) is 144 Å². The summed E-state index contributed by atoms with van der Waals surface area (Å²) in [6.45, 7) is 1.74. The van der Waals surface area contributed by atoms with Gasteiger partial charge in [-0.05, 0) is 30.7 Å². The van der Waals surface area contributed by atoms with Crippen LogP contribution in [-0.4, -0.2) is 39.9 Å². The lowest BCUT2D eigenvalue weighted by molar-refractivity contribution is 0.415. The van der Waals surface area contributed by atoms with E-state index in [4.69, 9.17) is 4.74 Å². The quantitative estimate of drug-likeness (QED) is 0.452. The summed E-state index contributed by atoms with van der Waals surface area (Å²) >= 11 is 1.19. The molecule has 4 aromatic rings. The highest BCUT2D eigenvalue weighted by Crippen LogP contribution is 2.25. The standard InChI is InChI=1S/C19H15N7O4S2/c1-12-22-23-18(31-12)16-17-21-9-14(10-25(17)26(11-20)19(16)27)24-32(28,29)8-7-13-3-5-15(30-2)6-4-13/h3-10,24H,1-2H3/b8-7+. The lowest BCUT2D eigenvalue weighted by Gasteiger charge is -2.05. The minimum Gasteiger partial charge on any atom is -0.497 e. The third-order valence-electron chi connectivity index (χ3n) is 4.30. The number of anilines is 1. The summed E-state index contributed by atoms with van der Waals surface area (Å²) < 4.78 is 34.3. The number of rotatable bonds is 6. The lowest BCUT2D eigenvalue weighted by atomic mass is 10.2. The number of benzene rings is 1. The molecular weight excluding hydrogens is 454 g/mol. The van der Waals surface area contributed by atoms with Gasteiger partial charge < -0.3 is 4.74 Å². The molecule has 0 atom stereocenters. The summed E-state index contributed by atoms with van der Waals surface area (Å²) in [5.74, 6) is 0.654. The molecule has 162 valence electrons. The largest absolute Gasteiger partial charge is 0.497 e. The molecule has 0 saturated carbocycles.